The van der Waals surface area contributed by atoms with Gasteiger partial charge in [0.2, 0.25) is 0 Å². The molecule has 0 bridgehead atoms. The summed E-state index contributed by atoms with van der Waals surface area (Å²) < 4.78 is 5.11. The lowest BCUT2D eigenvalue weighted by Gasteiger charge is -2.03. The fourth-order valence-corrected chi connectivity index (χ4v) is 1.37. The Morgan fingerprint density at radius 1 is 1.36 bits per heavy atom. The molecule has 0 radical (unpaired) electrons. The van der Waals surface area contributed by atoms with E-state index in [9.17, 15) is 0 Å². The Kier molecular flexibility index (Phi) is 3.65. The molecule has 2 N–H and O–H groups in total. The van der Waals surface area contributed by atoms with E-state index in [-0.39, 0.29) is 0 Å². The van der Waals surface area contributed by atoms with Crippen LogP contribution in [0, 0.1) is 0 Å². The van der Waals surface area contributed by atoms with Gasteiger partial charge in [-0.1, -0.05) is 18.2 Å². The minimum absolute atomic E-state index is 0.664. The lowest BCUT2D eigenvalue weighted by Crippen LogP contribution is -2.03. The summed E-state index contributed by atoms with van der Waals surface area (Å²) in [5, 5.41) is 0. The minimum atomic E-state index is 0.664. The molecule has 0 saturated heterocycles. The number of rotatable bonds is 3. The highest BCUT2D eigenvalue weighted by Crippen LogP contribution is 2.19. The molecule has 0 aromatic heterocycles. The first-order valence-corrected chi connectivity index (χ1v) is 4.33. The smallest absolute Gasteiger partial charge is 0.192 e. The Morgan fingerprint density at radius 3 is 2.73 bits per heavy atom. The van der Waals surface area contributed by atoms with Gasteiger partial charge in [0, 0.05) is 0 Å². The zero-order chi connectivity index (χ0) is 8.10. The van der Waals surface area contributed by atoms with Crippen molar-refractivity contribution in [3.05, 3.63) is 29.8 Å². The second-order valence-corrected chi connectivity index (χ2v) is 2.66. The average molecular weight is 263 g/mol. The van der Waals surface area contributed by atoms with E-state index in [1.807, 2.05) is 47.3 Å². The molecule has 1 aromatic rings. The van der Waals surface area contributed by atoms with Crippen molar-refractivity contribution in [2.45, 2.75) is 6.42 Å². The van der Waals surface area contributed by atoms with E-state index in [1.54, 1.807) is 0 Å². The van der Waals surface area contributed by atoms with Gasteiger partial charge in [-0.2, -0.15) is 0 Å². The van der Waals surface area contributed by atoms with Crippen LogP contribution in [0.1, 0.15) is 5.56 Å². The Balaban J connectivity index is 2.83. The lowest BCUT2D eigenvalue weighted by molar-refractivity contribution is 0.699. The zero-order valence-corrected chi connectivity index (χ0v) is 8.24. The molecule has 0 amide bonds. The molecule has 0 heterocycles. The first-order chi connectivity index (χ1) is 5.38. The molecule has 0 fully saturated rings. The number of nitrogens with two attached hydrogens (primary N) is 1. The molecule has 0 spiro atoms. The van der Waals surface area contributed by atoms with Crippen molar-refractivity contribution in [3.63, 3.8) is 0 Å². The molecule has 3 heteroatoms. The van der Waals surface area contributed by atoms with Gasteiger partial charge in [-0.25, -0.2) is 0 Å². The molecule has 0 aliphatic carbocycles. The van der Waals surface area contributed by atoms with E-state index in [0.717, 1.165) is 12.2 Å². The summed E-state index contributed by atoms with van der Waals surface area (Å²) in [4.78, 5) is 0. The largest absolute Gasteiger partial charge is 0.427 e. The van der Waals surface area contributed by atoms with Crippen LogP contribution in [0.4, 0.5) is 0 Å². The second-order valence-electron chi connectivity index (χ2n) is 2.22. The third-order valence-corrected chi connectivity index (χ3v) is 1.94. The van der Waals surface area contributed by atoms with Gasteiger partial charge in [-0.3, -0.25) is 0 Å². The molecule has 0 atom stereocenters. The number of para-hydroxylation sites is 1. The quantitative estimate of drug-likeness (QED) is 0.845. The SMILES string of the molecule is NCCc1ccccc1OI. The van der Waals surface area contributed by atoms with Crippen LogP contribution in [0.15, 0.2) is 24.3 Å². The van der Waals surface area contributed by atoms with Crippen molar-refractivity contribution in [1.82, 2.24) is 0 Å². The van der Waals surface area contributed by atoms with Crippen molar-refractivity contribution in [1.29, 1.82) is 0 Å². The first-order valence-electron chi connectivity index (χ1n) is 3.45. The van der Waals surface area contributed by atoms with Gasteiger partial charge in [0.25, 0.3) is 0 Å². The van der Waals surface area contributed by atoms with Crippen LogP contribution in [0.3, 0.4) is 0 Å². The number of halogens is 1. The Hall–Kier alpha value is -0.290. The molecule has 0 aliphatic rings. The maximum Gasteiger partial charge on any atom is 0.192 e. The summed E-state index contributed by atoms with van der Waals surface area (Å²) in [5.74, 6) is 0.915. The highest BCUT2D eigenvalue weighted by atomic mass is 127. The second kappa shape index (κ2) is 4.56. The van der Waals surface area contributed by atoms with Crippen molar-refractivity contribution in [2.24, 2.45) is 5.73 Å². The summed E-state index contributed by atoms with van der Waals surface area (Å²) >= 11 is 1.88. The lowest BCUT2D eigenvalue weighted by atomic mass is 10.1. The maximum absolute atomic E-state index is 5.43. The topological polar surface area (TPSA) is 35.2 Å². The molecular weight excluding hydrogens is 253 g/mol. The molecule has 11 heavy (non-hydrogen) atoms. The third-order valence-electron chi connectivity index (χ3n) is 1.47. The van der Waals surface area contributed by atoms with Crippen LogP contribution in [0.2, 0.25) is 0 Å². The summed E-state index contributed by atoms with van der Waals surface area (Å²) in [6.07, 6.45) is 0.874. The Morgan fingerprint density at radius 2 is 2.09 bits per heavy atom. The monoisotopic (exact) mass is 263 g/mol. The summed E-state index contributed by atoms with van der Waals surface area (Å²) in [7, 11) is 0. The molecule has 0 saturated carbocycles. The molecule has 1 rings (SSSR count). The fourth-order valence-electron chi connectivity index (χ4n) is 0.941. The van der Waals surface area contributed by atoms with E-state index in [0.29, 0.717) is 6.54 Å². The number of benzene rings is 1. The van der Waals surface area contributed by atoms with Crippen LogP contribution >= 0.6 is 23.0 Å². The van der Waals surface area contributed by atoms with Crippen LogP contribution < -0.4 is 8.80 Å². The number of hydrogen-bond donors (Lipinski definition) is 1. The maximum atomic E-state index is 5.43. The highest BCUT2D eigenvalue weighted by molar-refractivity contribution is 14.1. The van der Waals surface area contributed by atoms with Gasteiger partial charge >= 0.3 is 0 Å². The van der Waals surface area contributed by atoms with Gasteiger partial charge in [0.1, 0.15) is 5.75 Å². The van der Waals surface area contributed by atoms with E-state index >= 15 is 0 Å². The van der Waals surface area contributed by atoms with Crippen LogP contribution in [0.5, 0.6) is 5.75 Å². The fraction of sp³-hybridized carbons (Fsp3) is 0.250. The van der Waals surface area contributed by atoms with Gasteiger partial charge in [-0.05, 0) is 24.6 Å². The van der Waals surface area contributed by atoms with E-state index < -0.39 is 0 Å². The first kappa shape index (κ1) is 8.80. The highest BCUT2D eigenvalue weighted by Gasteiger charge is 1.98. The Bertz CT molecular complexity index is 227. The average Bonchev–Trinajstić information content (AvgIpc) is 2.06. The number of hydrogen-bond acceptors (Lipinski definition) is 2. The summed E-state index contributed by atoms with van der Waals surface area (Å²) in [6, 6.07) is 7.91. The predicted octanol–water partition coefficient (Wildman–Crippen LogP) is 1.92. The molecule has 60 valence electrons. The van der Waals surface area contributed by atoms with Crippen LogP contribution in [0.25, 0.3) is 0 Å². The molecule has 0 aliphatic heterocycles. The van der Waals surface area contributed by atoms with Crippen molar-refractivity contribution in [2.75, 3.05) is 6.54 Å². The van der Waals surface area contributed by atoms with Crippen molar-refractivity contribution < 1.29 is 3.07 Å². The van der Waals surface area contributed by atoms with Crippen LogP contribution in [-0.4, -0.2) is 6.54 Å². The van der Waals surface area contributed by atoms with Gasteiger partial charge in [-0.15, -0.1) is 0 Å². The molecular formula is C8H10INO. The van der Waals surface area contributed by atoms with Gasteiger partial charge in [0.05, 0.1) is 0 Å². The normalized spacial score (nSPS) is 9.64. The van der Waals surface area contributed by atoms with E-state index in [1.165, 1.54) is 5.56 Å². The summed E-state index contributed by atoms with van der Waals surface area (Å²) in [5.41, 5.74) is 6.60. The molecule has 0 unspecified atom stereocenters. The van der Waals surface area contributed by atoms with Crippen molar-refractivity contribution in [3.8, 4) is 5.75 Å². The van der Waals surface area contributed by atoms with E-state index in [2.05, 4.69) is 0 Å². The van der Waals surface area contributed by atoms with Gasteiger partial charge < -0.3 is 8.80 Å². The zero-order valence-electron chi connectivity index (χ0n) is 6.09. The van der Waals surface area contributed by atoms with Gasteiger partial charge in [0.15, 0.2) is 23.0 Å². The molecule has 2 nitrogen and oxygen atoms in total. The van der Waals surface area contributed by atoms with E-state index in [4.69, 9.17) is 8.80 Å². The van der Waals surface area contributed by atoms with Crippen LogP contribution in [-0.2, 0) is 6.42 Å². The Labute approximate surface area is 80.4 Å². The summed E-state index contributed by atoms with van der Waals surface area (Å²) in [6.45, 7) is 0.664. The molecule has 1 aromatic carbocycles. The minimum Gasteiger partial charge on any atom is -0.427 e. The van der Waals surface area contributed by atoms with Crippen molar-refractivity contribution >= 4 is 23.0 Å². The predicted molar refractivity (Wildman–Crippen MR) is 53.8 cm³/mol. The third kappa shape index (κ3) is 2.34. The standard InChI is InChI=1S/C8H10INO/c9-11-8-4-2-1-3-7(8)5-6-10/h1-4H,5-6,10H2.